The fourth-order valence-corrected chi connectivity index (χ4v) is 3.34. The third-order valence-electron chi connectivity index (χ3n) is 4.63. The minimum atomic E-state index is -0.470. The molecule has 118 valence electrons. The Kier molecular flexibility index (Phi) is 4.46. The first-order valence-electron chi connectivity index (χ1n) is 8.34. The summed E-state index contributed by atoms with van der Waals surface area (Å²) in [6.45, 7) is 3.32. The van der Waals surface area contributed by atoms with Crippen molar-refractivity contribution in [2.45, 2.75) is 52.0 Å². The number of benzene rings is 1. The first-order chi connectivity index (χ1) is 10.8. The number of hydrazone groups is 1. The van der Waals surface area contributed by atoms with Crippen LogP contribution in [0.25, 0.3) is 0 Å². The van der Waals surface area contributed by atoms with Crippen LogP contribution < -0.4 is 0 Å². The van der Waals surface area contributed by atoms with Crippen molar-refractivity contribution in [3.05, 3.63) is 35.9 Å². The van der Waals surface area contributed by atoms with Crippen LogP contribution in [-0.4, -0.2) is 23.4 Å². The van der Waals surface area contributed by atoms with Gasteiger partial charge in [0.05, 0.1) is 13.2 Å². The number of amides is 1. The van der Waals surface area contributed by atoms with Crippen molar-refractivity contribution in [3.63, 3.8) is 0 Å². The Morgan fingerprint density at radius 1 is 1.23 bits per heavy atom. The highest BCUT2D eigenvalue weighted by atomic mass is 16.5. The van der Waals surface area contributed by atoms with E-state index in [1.165, 1.54) is 0 Å². The smallest absolute Gasteiger partial charge is 0.258 e. The summed E-state index contributed by atoms with van der Waals surface area (Å²) in [7, 11) is 0. The van der Waals surface area contributed by atoms with Crippen LogP contribution in [-0.2, 0) is 16.1 Å². The summed E-state index contributed by atoms with van der Waals surface area (Å²) >= 11 is 0. The number of rotatable bonds is 5. The molecule has 1 fully saturated rings. The van der Waals surface area contributed by atoms with Gasteiger partial charge in [-0.05, 0) is 24.8 Å². The summed E-state index contributed by atoms with van der Waals surface area (Å²) in [5, 5.41) is 6.16. The minimum absolute atomic E-state index is 0.125. The topological polar surface area (TPSA) is 41.9 Å². The van der Waals surface area contributed by atoms with Gasteiger partial charge in [-0.3, -0.25) is 4.79 Å². The molecule has 3 rings (SSSR count). The molecule has 4 heteroatoms. The van der Waals surface area contributed by atoms with E-state index in [4.69, 9.17) is 4.74 Å². The third kappa shape index (κ3) is 2.74. The molecule has 0 radical (unpaired) electrons. The van der Waals surface area contributed by atoms with E-state index in [9.17, 15) is 4.79 Å². The van der Waals surface area contributed by atoms with E-state index in [1.54, 1.807) is 5.01 Å². The Labute approximate surface area is 132 Å². The van der Waals surface area contributed by atoms with Crippen molar-refractivity contribution in [2.24, 2.45) is 10.5 Å². The van der Waals surface area contributed by atoms with Crippen molar-refractivity contribution >= 4 is 11.8 Å². The highest BCUT2D eigenvalue weighted by molar-refractivity contribution is 6.09. The molecule has 1 aromatic rings. The van der Waals surface area contributed by atoms with Gasteiger partial charge in [0.1, 0.15) is 5.41 Å². The lowest BCUT2D eigenvalue weighted by Crippen LogP contribution is -2.38. The average Bonchev–Trinajstić information content (AvgIpc) is 3.12. The predicted molar refractivity (Wildman–Crippen MR) is 86.2 cm³/mol. The maximum absolute atomic E-state index is 12.9. The van der Waals surface area contributed by atoms with Crippen molar-refractivity contribution in [1.82, 2.24) is 5.01 Å². The van der Waals surface area contributed by atoms with E-state index in [0.29, 0.717) is 19.0 Å². The zero-order valence-electron chi connectivity index (χ0n) is 13.3. The molecule has 0 saturated heterocycles. The third-order valence-corrected chi connectivity index (χ3v) is 4.63. The summed E-state index contributed by atoms with van der Waals surface area (Å²) in [5.74, 6) is 0.791. The Balaban J connectivity index is 1.78. The number of unbranched alkanes of at least 4 members (excludes halogenated alkanes) is 1. The summed E-state index contributed by atoms with van der Waals surface area (Å²) < 4.78 is 5.91. The van der Waals surface area contributed by atoms with Gasteiger partial charge in [0.25, 0.3) is 5.91 Å². The second-order valence-electron chi connectivity index (χ2n) is 6.24. The van der Waals surface area contributed by atoms with Crippen LogP contribution in [0.3, 0.4) is 0 Å². The Hall–Kier alpha value is -1.84. The quantitative estimate of drug-likeness (QED) is 0.778. The standard InChI is InChI=1S/C18H24N2O2/c1-2-3-13-22-16-18(11-7-8-12-18)17(21)20(19-16)14-15-9-5-4-6-10-15/h4-6,9-10H,2-3,7-8,11-14H2,1H3. The van der Waals surface area contributed by atoms with Gasteiger partial charge in [0, 0.05) is 0 Å². The van der Waals surface area contributed by atoms with Crippen molar-refractivity contribution in [2.75, 3.05) is 6.61 Å². The molecule has 4 nitrogen and oxygen atoms in total. The fraction of sp³-hybridized carbons (Fsp3) is 0.556. The second kappa shape index (κ2) is 6.51. The summed E-state index contributed by atoms with van der Waals surface area (Å²) in [6, 6.07) is 10.0. The zero-order chi connectivity index (χ0) is 15.4. The summed E-state index contributed by atoms with van der Waals surface area (Å²) in [5.41, 5.74) is 0.630. The zero-order valence-corrected chi connectivity index (χ0v) is 13.3. The predicted octanol–water partition coefficient (Wildman–Crippen LogP) is 3.72. The summed E-state index contributed by atoms with van der Waals surface area (Å²) in [6.07, 6.45) is 6.01. The molecule has 0 bridgehead atoms. The molecule has 1 saturated carbocycles. The molecule has 1 spiro atoms. The van der Waals surface area contributed by atoms with Crippen molar-refractivity contribution < 1.29 is 9.53 Å². The number of hydrogen-bond acceptors (Lipinski definition) is 3. The van der Waals surface area contributed by atoms with Gasteiger partial charge in [-0.25, -0.2) is 5.01 Å². The van der Waals surface area contributed by atoms with Crippen molar-refractivity contribution in [3.8, 4) is 0 Å². The highest BCUT2D eigenvalue weighted by Gasteiger charge is 2.54. The van der Waals surface area contributed by atoms with Gasteiger partial charge in [-0.2, -0.15) is 0 Å². The van der Waals surface area contributed by atoms with E-state index >= 15 is 0 Å². The molecule has 0 unspecified atom stereocenters. The van der Waals surface area contributed by atoms with E-state index in [1.807, 2.05) is 30.3 Å². The van der Waals surface area contributed by atoms with Crippen LogP contribution in [0.2, 0.25) is 0 Å². The van der Waals surface area contributed by atoms with Crippen LogP contribution in [0.15, 0.2) is 35.4 Å². The van der Waals surface area contributed by atoms with Gasteiger partial charge in [-0.1, -0.05) is 56.5 Å². The first kappa shape index (κ1) is 15.1. The van der Waals surface area contributed by atoms with Crippen LogP contribution in [0.5, 0.6) is 0 Å². The highest BCUT2D eigenvalue weighted by Crippen LogP contribution is 2.45. The lowest BCUT2D eigenvalue weighted by atomic mass is 9.85. The molecule has 0 atom stereocenters. The molecule has 1 aliphatic carbocycles. The molecular formula is C18H24N2O2. The second-order valence-corrected chi connectivity index (χ2v) is 6.24. The molecule has 1 aromatic carbocycles. The number of carbonyl (C=O) groups is 1. The molecule has 22 heavy (non-hydrogen) atoms. The SMILES string of the molecule is CCCCOC1=NN(Cc2ccccc2)C(=O)C12CCCC2. The van der Waals surface area contributed by atoms with Crippen LogP contribution in [0.4, 0.5) is 0 Å². The Bertz CT molecular complexity index is 547. The van der Waals surface area contributed by atoms with E-state index in [0.717, 1.165) is 44.1 Å². The minimum Gasteiger partial charge on any atom is -0.479 e. The summed E-state index contributed by atoms with van der Waals surface area (Å²) in [4.78, 5) is 12.9. The van der Waals surface area contributed by atoms with Gasteiger partial charge in [-0.15, -0.1) is 5.10 Å². The molecular weight excluding hydrogens is 276 g/mol. The van der Waals surface area contributed by atoms with Gasteiger partial charge in [0.15, 0.2) is 0 Å². The van der Waals surface area contributed by atoms with Crippen LogP contribution in [0.1, 0.15) is 51.0 Å². The van der Waals surface area contributed by atoms with E-state index in [-0.39, 0.29) is 5.91 Å². The average molecular weight is 300 g/mol. The van der Waals surface area contributed by atoms with Gasteiger partial charge in [0.2, 0.25) is 5.90 Å². The normalized spacial score (nSPS) is 19.8. The van der Waals surface area contributed by atoms with Crippen LogP contribution >= 0.6 is 0 Å². The molecule has 1 amide bonds. The molecule has 0 N–H and O–H groups in total. The molecule has 0 aromatic heterocycles. The first-order valence-corrected chi connectivity index (χ1v) is 8.34. The Morgan fingerprint density at radius 2 is 1.95 bits per heavy atom. The monoisotopic (exact) mass is 300 g/mol. The maximum Gasteiger partial charge on any atom is 0.258 e. The Morgan fingerprint density at radius 3 is 2.64 bits per heavy atom. The van der Waals surface area contributed by atoms with E-state index < -0.39 is 5.41 Å². The number of carbonyl (C=O) groups excluding carboxylic acids is 1. The largest absolute Gasteiger partial charge is 0.479 e. The lowest BCUT2D eigenvalue weighted by Gasteiger charge is -2.23. The molecule has 2 aliphatic rings. The number of hydrogen-bond donors (Lipinski definition) is 0. The molecule has 1 heterocycles. The maximum atomic E-state index is 12.9. The lowest BCUT2D eigenvalue weighted by molar-refractivity contribution is -0.136. The molecule has 1 aliphatic heterocycles. The number of nitrogens with zero attached hydrogens (tertiary/aromatic N) is 2. The van der Waals surface area contributed by atoms with Crippen LogP contribution in [0, 0.1) is 5.41 Å². The van der Waals surface area contributed by atoms with Crippen molar-refractivity contribution in [1.29, 1.82) is 0 Å². The van der Waals surface area contributed by atoms with Gasteiger partial charge < -0.3 is 4.74 Å². The van der Waals surface area contributed by atoms with Gasteiger partial charge >= 0.3 is 0 Å². The van der Waals surface area contributed by atoms with E-state index in [2.05, 4.69) is 12.0 Å². The number of ether oxygens (including phenoxy) is 1. The fourth-order valence-electron chi connectivity index (χ4n) is 3.34.